The molecule has 4 nitrogen and oxygen atoms in total. The van der Waals surface area contributed by atoms with Gasteiger partial charge in [-0.2, -0.15) is 0 Å². The Balaban J connectivity index is 2.10. The Labute approximate surface area is 125 Å². The van der Waals surface area contributed by atoms with Gasteiger partial charge >= 0.3 is 5.97 Å². The summed E-state index contributed by atoms with van der Waals surface area (Å²) in [5.41, 5.74) is 3.34. The van der Waals surface area contributed by atoms with E-state index in [1.807, 2.05) is 32.1 Å². The molecule has 0 saturated carbocycles. The van der Waals surface area contributed by atoms with E-state index in [4.69, 9.17) is 4.74 Å². The molecule has 1 aliphatic heterocycles. The van der Waals surface area contributed by atoms with Gasteiger partial charge in [-0.05, 0) is 43.9 Å². The first kappa shape index (κ1) is 15.3. The zero-order valence-electron chi connectivity index (χ0n) is 12.8. The molecule has 0 radical (unpaired) electrons. The summed E-state index contributed by atoms with van der Waals surface area (Å²) in [6, 6.07) is 5.66. The molecule has 0 spiro atoms. The van der Waals surface area contributed by atoms with Crippen molar-refractivity contribution in [2.75, 3.05) is 13.7 Å². The molecule has 1 amide bonds. The molecule has 1 heterocycles. The second-order valence-electron chi connectivity index (χ2n) is 5.41. The number of methoxy groups -OCH3 is 1. The predicted molar refractivity (Wildman–Crippen MR) is 81.7 cm³/mol. The van der Waals surface area contributed by atoms with E-state index in [0.29, 0.717) is 13.0 Å². The van der Waals surface area contributed by atoms with Crippen LogP contribution in [0, 0.1) is 13.8 Å². The van der Waals surface area contributed by atoms with Gasteiger partial charge in [0.15, 0.2) is 0 Å². The maximum atomic E-state index is 12.3. The highest BCUT2D eigenvalue weighted by Gasteiger charge is 2.33. The molecule has 1 unspecified atom stereocenters. The topological polar surface area (TPSA) is 46.6 Å². The van der Waals surface area contributed by atoms with Crippen LogP contribution in [0.4, 0.5) is 0 Å². The minimum absolute atomic E-state index is 0.136. The number of nitrogens with zero attached hydrogens (tertiary/aromatic N) is 1. The summed E-state index contributed by atoms with van der Waals surface area (Å²) < 4.78 is 4.75. The SMILES string of the molecule is COC(=O)C1CCCN1C(=O)/C=C/c1ccc(C)cc1C. The molecule has 4 heteroatoms. The summed E-state index contributed by atoms with van der Waals surface area (Å²) in [5.74, 6) is -0.469. The molecule has 1 aromatic carbocycles. The lowest BCUT2D eigenvalue weighted by molar-refractivity contribution is -0.149. The average molecular weight is 287 g/mol. The van der Waals surface area contributed by atoms with Gasteiger partial charge in [0.2, 0.25) is 5.91 Å². The van der Waals surface area contributed by atoms with Crippen LogP contribution in [0.25, 0.3) is 6.08 Å². The van der Waals surface area contributed by atoms with Crippen molar-refractivity contribution in [2.45, 2.75) is 32.7 Å². The van der Waals surface area contributed by atoms with Crippen LogP contribution < -0.4 is 0 Å². The summed E-state index contributed by atoms with van der Waals surface area (Å²) in [6.07, 6.45) is 4.86. The Morgan fingerprint density at radius 3 is 2.76 bits per heavy atom. The fraction of sp³-hybridized carbons (Fsp3) is 0.412. The molecule has 1 aromatic rings. The maximum Gasteiger partial charge on any atom is 0.328 e. The van der Waals surface area contributed by atoms with Gasteiger partial charge in [0.1, 0.15) is 6.04 Å². The number of hydrogen-bond donors (Lipinski definition) is 0. The van der Waals surface area contributed by atoms with Gasteiger partial charge in [0, 0.05) is 12.6 Å². The summed E-state index contributed by atoms with van der Waals surface area (Å²) in [6.45, 7) is 4.66. The second kappa shape index (κ2) is 6.57. The molecule has 0 aromatic heterocycles. The first-order valence-electron chi connectivity index (χ1n) is 7.16. The van der Waals surface area contributed by atoms with E-state index in [1.165, 1.54) is 12.7 Å². The Bertz CT molecular complexity index is 577. The Kier molecular flexibility index (Phi) is 4.78. The Hall–Kier alpha value is -2.10. The van der Waals surface area contributed by atoms with Crippen LogP contribution in [-0.2, 0) is 14.3 Å². The van der Waals surface area contributed by atoms with Crippen molar-refractivity contribution in [3.8, 4) is 0 Å². The van der Waals surface area contributed by atoms with Crippen molar-refractivity contribution in [3.63, 3.8) is 0 Å². The predicted octanol–water partition coefficient (Wildman–Crippen LogP) is 2.48. The molecule has 112 valence electrons. The maximum absolute atomic E-state index is 12.3. The lowest BCUT2D eigenvalue weighted by atomic mass is 10.1. The van der Waals surface area contributed by atoms with Gasteiger partial charge in [-0.3, -0.25) is 4.79 Å². The normalized spacial score (nSPS) is 18.2. The number of amides is 1. The third-order valence-corrected chi connectivity index (χ3v) is 3.84. The van der Waals surface area contributed by atoms with E-state index in [0.717, 1.165) is 17.5 Å². The van der Waals surface area contributed by atoms with E-state index in [-0.39, 0.29) is 11.9 Å². The van der Waals surface area contributed by atoms with E-state index < -0.39 is 6.04 Å². The number of esters is 1. The molecule has 1 fully saturated rings. The van der Waals surface area contributed by atoms with Gasteiger partial charge < -0.3 is 9.64 Å². The first-order chi connectivity index (χ1) is 10.0. The standard InChI is InChI=1S/C17H21NO3/c1-12-6-7-14(13(2)11-12)8-9-16(19)18-10-4-5-15(18)17(20)21-3/h6-9,11,15H,4-5,10H2,1-3H3/b9-8+. The molecule has 0 aliphatic carbocycles. The van der Waals surface area contributed by atoms with Crippen LogP contribution in [0.5, 0.6) is 0 Å². The molecular formula is C17H21NO3. The van der Waals surface area contributed by atoms with Gasteiger partial charge in [-0.25, -0.2) is 4.79 Å². The van der Waals surface area contributed by atoms with Crippen LogP contribution in [-0.4, -0.2) is 36.5 Å². The largest absolute Gasteiger partial charge is 0.467 e. The highest BCUT2D eigenvalue weighted by Crippen LogP contribution is 2.19. The lowest BCUT2D eigenvalue weighted by Crippen LogP contribution is -2.40. The molecule has 1 saturated heterocycles. The minimum Gasteiger partial charge on any atom is -0.467 e. The van der Waals surface area contributed by atoms with Gasteiger partial charge in [-0.15, -0.1) is 0 Å². The number of likely N-dealkylation sites (tertiary alicyclic amines) is 1. The number of hydrogen-bond acceptors (Lipinski definition) is 3. The first-order valence-corrected chi connectivity index (χ1v) is 7.16. The number of aryl methyl sites for hydroxylation is 2. The van der Waals surface area contributed by atoms with Crippen LogP contribution in [0.1, 0.15) is 29.5 Å². The van der Waals surface area contributed by atoms with Crippen molar-refractivity contribution in [2.24, 2.45) is 0 Å². The van der Waals surface area contributed by atoms with Crippen LogP contribution >= 0.6 is 0 Å². The van der Waals surface area contributed by atoms with Crippen molar-refractivity contribution < 1.29 is 14.3 Å². The van der Waals surface area contributed by atoms with E-state index in [1.54, 1.807) is 11.0 Å². The monoisotopic (exact) mass is 287 g/mol. The van der Waals surface area contributed by atoms with Gasteiger partial charge in [0.05, 0.1) is 7.11 Å². The number of carbonyl (C=O) groups is 2. The third kappa shape index (κ3) is 3.51. The fourth-order valence-electron chi connectivity index (χ4n) is 2.68. The molecule has 21 heavy (non-hydrogen) atoms. The number of rotatable bonds is 3. The second-order valence-corrected chi connectivity index (χ2v) is 5.41. The van der Waals surface area contributed by atoms with Crippen LogP contribution in [0.2, 0.25) is 0 Å². The summed E-state index contributed by atoms with van der Waals surface area (Å²) in [5, 5.41) is 0. The van der Waals surface area contributed by atoms with Crippen LogP contribution in [0.3, 0.4) is 0 Å². The smallest absolute Gasteiger partial charge is 0.328 e. The lowest BCUT2D eigenvalue weighted by Gasteiger charge is -2.21. The van der Waals surface area contributed by atoms with Gasteiger partial charge in [-0.1, -0.05) is 23.8 Å². The molecule has 0 bridgehead atoms. The van der Waals surface area contributed by atoms with Crippen LogP contribution in [0.15, 0.2) is 24.3 Å². The van der Waals surface area contributed by atoms with Crippen molar-refractivity contribution in [3.05, 3.63) is 41.0 Å². The Morgan fingerprint density at radius 2 is 2.10 bits per heavy atom. The van der Waals surface area contributed by atoms with Crippen molar-refractivity contribution >= 4 is 18.0 Å². The zero-order chi connectivity index (χ0) is 15.4. The number of benzene rings is 1. The van der Waals surface area contributed by atoms with Gasteiger partial charge in [0.25, 0.3) is 0 Å². The Morgan fingerprint density at radius 1 is 1.33 bits per heavy atom. The fourth-order valence-corrected chi connectivity index (χ4v) is 2.68. The summed E-state index contributed by atoms with van der Waals surface area (Å²) in [4.78, 5) is 25.5. The number of ether oxygens (including phenoxy) is 1. The number of carbonyl (C=O) groups excluding carboxylic acids is 2. The highest BCUT2D eigenvalue weighted by molar-refractivity contribution is 5.95. The molecule has 1 atom stereocenters. The van der Waals surface area contributed by atoms with Crippen molar-refractivity contribution in [1.29, 1.82) is 0 Å². The van der Waals surface area contributed by atoms with Crippen molar-refractivity contribution in [1.82, 2.24) is 4.90 Å². The van der Waals surface area contributed by atoms with E-state index >= 15 is 0 Å². The highest BCUT2D eigenvalue weighted by atomic mass is 16.5. The molecular weight excluding hydrogens is 266 g/mol. The molecule has 2 rings (SSSR count). The quantitative estimate of drug-likeness (QED) is 0.634. The molecule has 0 N–H and O–H groups in total. The molecule has 1 aliphatic rings. The zero-order valence-corrected chi connectivity index (χ0v) is 12.8. The summed E-state index contributed by atoms with van der Waals surface area (Å²) in [7, 11) is 1.36. The average Bonchev–Trinajstić information content (AvgIpc) is 2.94. The van der Waals surface area contributed by atoms with E-state index in [2.05, 4.69) is 6.07 Å². The van der Waals surface area contributed by atoms with E-state index in [9.17, 15) is 9.59 Å². The third-order valence-electron chi connectivity index (χ3n) is 3.84. The summed E-state index contributed by atoms with van der Waals surface area (Å²) >= 11 is 0. The minimum atomic E-state index is -0.439.